The Hall–Kier alpha value is -1.45. The van der Waals surface area contributed by atoms with E-state index < -0.39 is 5.97 Å². The summed E-state index contributed by atoms with van der Waals surface area (Å²) in [7, 11) is 0. The maximum absolute atomic E-state index is 11.3. The Labute approximate surface area is 126 Å². The van der Waals surface area contributed by atoms with Gasteiger partial charge in [-0.1, -0.05) is 35.5 Å². The fourth-order valence-corrected chi connectivity index (χ4v) is 3.88. The number of hydrogen-bond donors (Lipinski definition) is 1. The third kappa shape index (κ3) is 2.56. The third-order valence-electron chi connectivity index (χ3n) is 3.49. The molecule has 1 N–H and O–H groups in total. The minimum Gasteiger partial charge on any atom is -0.478 e. The van der Waals surface area contributed by atoms with Crippen LogP contribution in [0.2, 0.25) is 5.02 Å². The van der Waals surface area contributed by atoms with Crippen LogP contribution in [0, 0.1) is 0 Å². The summed E-state index contributed by atoms with van der Waals surface area (Å²) in [5, 5.41) is 9.56. The summed E-state index contributed by atoms with van der Waals surface area (Å²) in [5.74, 6) is -0.987. The van der Waals surface area contributed by atoms with Gasteiger partial charge in [0.2, 0.25) is 0 Å². The summed E-state index contributed by atoms with van der Waals surface area (Å²) in [6.07, 6.45) is 3.48. The zero-order chi connectivity index (χ0) is 14.1. The number of carboxylic acid groups (broad SMARTS) is 1. The van der Waals surface area contributed by atoms with Crippen molar-refractivity contribution in [2.45, 2.75) is 29.1 Å². The molecule has 2 aromatic rings. The summed E-state index contributed by atoms with van der Waals surface area (Å²) in [5.41, 5.74) is 2.98. The van der Waals surface area contributed by atoms with E-state index in [1.54, 1.807) is 18.2 Å². The maximum Gasteiger partial charge on any atom is 0.338 e. The van der Waals surface area contributed by atoms with Gasteiger partial charge in [-0.15, -0.1) is 0 Å². The first-order valence-electron chi connectivity index (χ1n) is 6.46. The van der Waals surface area contributed by atoms with E-state index in [-0.39, 0.29) is 10.6 Å². The lowest BCUT2D eigenvalue weighted by Crippen LogP contribution is -1.99. The molecule has 20 heavy (non-hydrogen) atoms. The Bertz CT molecular complexity index is 682. The van der Waals surface area contributed by atoms with Crippen molar-refractivity contribution in [1.82, 2.24) is 0 Å². The average molecular weight is 305 g/mol. The number of fused-ring (bicyclic) bond motifs is 1. The lowest BCUT2D eigenvalue weighted by Gasteiger charge is -2.08. The van der Waals surface area contributed by atoms with Gasteiger partial charge < -0.3 is 5.11 Å². The second-order valence-electron chi connectivity index (χ2n) is 4.80. The van der Waals surface area contributed by atoms with Crippen LogP contribution >= 0.6 is 23.4 Å². The van der Waals surface area contributed by atoms with Gasteiger partial charge in [-0.2, -0.15) is 0 Å². The van der Waals surface area contributed by atoms with E-state index in [0.717, 1.165) is 17.7 Å². The zero-order valence-electron chi connectivity index (χ0n) is 10.7. The molecule has 0 saturated heterocycles. The molecular formula is C16H13ClO2S. The van der Waals surface area contributed by atoms with Crippen LogP contribution in [0.3, 0.4) is 0 Å². The Balaban J connectivity index is 1.95. The lowest BCUT2D eigenvalue weighted by atomic mass is 10.1. The van der Waals surface area contributed by atoms with Crippen molar-refractivity contribution in [3.05, 3.63) is 58.1 Å². The quantitative estimate of drug-likeness (QED) is 0.894. The molecule has 0 bridgehead atoms. The number of carboxylic acids is 1. The molecule has 0 unspecified atom stereocenters. The molecule has 0 amide bonds. The first-order chi connectivity index (χ1) is 9.65. The Morgan fingerprint density at radius 3 is 2.75 bits per heavy atom. The van der Waals surface area contributed by atoms with E-state index >= 15 is 0 Å². The number of carbonyl (C=O) groups is 1. The van der Waals surface area contributed by atoms with Crippen molar-refractivity contribution in [3.63, 3.8) is 0 Å². The molecule has 0 heterocycles. The molecular weight excluding hydrogens is 292 g/mol. The molecule has 3 rings (SSSR count). The summed E-state index contributed by atoms with van der Waals surface area (Å²) in [6.45, 7) is 0. The highest BCUT2D eigenvalue weighted by Crippen LogP contribution is 2.35. The van der Waals surface area contributed by atoms with Gasteiger partial charge in [0.05, 0.1) is 10.6 Å². The largest absolute Gasteiger partial charge is 0.478 e. The van der Waals surface area contributed by atoms with Gasteiger partial charge in [0, 0.05) is 9.79 Å². The molecule has 0 radical (unpaired) electrons. The first-order valence-corrected chi connectivity index (χ1v) is 7.66. The molecule has 0 saturated carbocycles. The fourth-order valence-electron chi connectivity index (χ4n) is 2.54. The van der Waals surface area contributed by atoms with Crippen molar-refractivity contribution < 1.29 is 9.90 Å². The number of rotatable bonds is 3. The van der Waals surface area contributed by atoms with Crippen molar-refractivity contribution in [1.29, 1.82) is 0 Å². The Kier molecular flexibility index (Phi) is 3.72. The molecule has 4 heteroatoms. The smallest absolute Gasteiger partial charge is 0.338 e. The van der Waals surface area contributed by atoms with Gasteiger partial charge in [-0.3, -0.25) is 0 Å². The molecule has 2 aromatic carbocycles. The minimum atomic E-state index is -0.987. The third-order valence-corrected chi connectivity index (χ3v) is 4.85. The highest BCUT2D eigenvalue weighted by atomic mass is 35.5. The summed E-state index contributed by atoms with van der Waals surface area (Å²) in [4.78, 5) is 13.1. The Morgan fingerprint density at radius 1 is 1.15 bits per heavy atom. The summed E-state index contributed by atoms with van der Waals surface area (Å²) in [6, 6.07) is 11.6. The highest BCUT2D eigenvalue weighted by Gasteiger charge is 2.16. The number of aryl methyl sites for hydroxylation is 2. The van der Waals surface area contributed by atoms with E-state index in [9.17, 15) is 9.90 Å². The van der Waals surface area contributed by atoms with Gasteiger partial charge >= 0.3 is 5.97 Å². The molecule has 102 valence electrons. The maximum atomic E-state index is 11.3. The molecule has 0 atom stereocenters. The number of halogens is 1. The van der Waals surface area contributed by atoms with Gasteiger partial charge in [-0.25, -0.2) is 4.79 Å². The van der Waals surface area contributed by atoms with Crippen LogP contribution in [-0.4, -0.2) is 11.1 Å². The average Bonchev–Trinajstić information content (AvgIpc) is 2.85. The topological polar surface area (TPSA) is 37.3 Å². The second kappa shape index (κ2) is 5.51. The van der Waals surface area contributed by atoms with Gasteiger partial charge in [-0.05, 0) is 54.7 Å². The van der Waals surface area contributed by atoms with Crippen molar-refractivity contribution in [2.24, 2.45) is 0 Å². The van der Waals surface area contributed by atoms with Crippen LogP contribution < -0.4 is 0 Å². The van der Waals surface area contributed by atoms with E-state index in [0.29, 0.717) is 4.90 Å². The van der Waals surface area contributed by atoms with E-state index in [4.69, 9.17) is 11.6 Å². The van der Waals surface area contributed by atoms with E-state index in [2.05, 4.69) is 18.2 Å². The van der Waals surface area contributed by atoms with Crippen LogP contribution in [0.25, 0.3) is 0 Å². The monoisotopic (exact) mass is 304 g/mol. The number of hydrogen-bond acceptors (Lipinski definition) is 2. The number of aromatic carboxylic acids is 1. The van der Waals surface area contributed by atoms with Crippen LogP contribution in [0.15, 0.2) is 46.2 Å². The van der Waals surface area contributed by atoms with Crippen LogP contribution in [0.4, 0.5) is 0 Å². The molecule has 0 aliphatic heterocycles. The normalized spacial score (nSPS) is 13.2. The Morgan fingerprint density at radius 2 is 1.95 bits per heavy atom. The summed E-state index contributed by atoms with van der Waals surface area (Å²) < 4.78 is 0. The molecule has 1 aliphatic carbocycles. The molecule has 0 spiro atoms. The van der Waals surface area contributed by atoms with E-state index in [1.807, 2.05) is 0 Å². The SMILES string of the molecule is O=C(O)c1c(Cl)cccc1Sc1ccc2c(c1)CCC2. The molecule has 1 aliphatic rings. The van der Waals surface area contributed by atoms with Gasteiger partial charge in [0.15, 0.2) is 0 Å². The van der Waals surface area contributed by atoms with E-state index in [1.165, 1.54) is 29.3 Å². The van der Waals surface area contributed by atoms with Crippen LogP contribution in [-0.2, 0) is 12.8 Å². The van der Waals surface area contributed by atoms with Crippen molar-refractivity contribution in [3.8, 4) is 0 Å². The van der Waals surface area contributed by atoms with Gasteiger partial charge in [0.1, 0.15) is 0 Å². The molecule has 2 nitrogen and oxygen atoms in total. The zero-order valence-corrected chi connectivity index (χ0v) is 12.3. The molecule has 0 aromatic heterocycles. The summed E-state index contributed by atoms with van der Waals surface area (Å²) >= 11 is 7.45. The molecule has 0 fully saturated rings. The fraction of sp³-hybridized carbons (Fsp3) is 0.188. The number of benzene rings is 2. The van der Waals surface area contributed by atoms with Crippen LogP contribution in [0.5, 0.6) is 0 Å². The first kappa shape index (κ1) is 13.5. The van der Waals surface area contributed by atoms with Crippen molar-refractivity contribution >= 4 is 29.3 Å². The van der Waals surface area contributed by atoms with Gasteiger partial charge in [0.25, 0.3) is 0 Å². The van der Waals surface area contributed by atoms with Crippen LogP contribution in [0.1, 0.15) is 27.9 Å². The predicted molar refractivity (Wildman–Crippen MR) is 81.0 cm³/mol. The lowest BCUT2D eigenvalue weighted by molar-refractivity contribution is 0.0693. The minimum absolute atomic E-state index is 0.180. The predicted octanol–water partition coefficient (Wildman–Crippen LogP) is 4.68. The highest BCUT2D eigenvalue weighted by molar-refractivity contribution is 7.99. The second-order valence-corrected chi connectivity index (χ2v) is 6.33. The van der Waals surface area contributed by atoms with Crippen molar-refractivity contribution in [2.75, 3.05) is 0 Å². The standard InChI is InChI=1S/C16H13ClO2S/c17-13-5-2-6-14(15(13)16(18)19)20-12-8-7-10-3-1-4-11(10)9-12/h2,5-9H,1,3-4H2,(H,18,19).